The summed E-state index contributed by atoms with van der Waals surface area (Å²) in [7, 11) is 1.71. The lowest BCUT2D eigenvalue weighted by molar-refractivity contribution is 0.281. The van der Waals surface area contributed by atoms with E-state index in [1.165, 1.54) is 50.5 Å². The molecule has 23 heavy (non-hydrogen) atoms. The van der Waals surface area contributed by atoms with E-state index in [2.05, 4.69) is 25.2 Å². The van der Waals surface area contributed by atoms with E-state index in [-0.39, 0.29) is 0 Å². The van der Waals surface area contributed by atoms with Crippen LogP contribution in [0.2, 0.25) is 0 Å². The molecule has 132 valence electrons. The minimum atomic E-state index is 0.772. The zero-order chi connectivity index (χ0) is 16.8. The van der Waals surface area contributed by atoms with Gasteiger partial charge >= 0.3 is 0 Å². The van der Waals surface area contributed by atoms with E-state index in [4.69, 9.17) is 9.47 Å². The van der Waals surface area contributed by atoms with Gasteiger partial charge in [-0.1, -0.05) is 64.5 Å². The predicted molar refractivity (Wildman–Crippen MR) is 98.5 cm³/mol. The maximum Gasteiger partial charge on any atom is 0.165 e. The van der Waals surface area contributed by atoms with Crippen LogP contribution in [-0.4, -0.2) is 20.3 Å². The van der Waals surface area contributed by atoms with Crippen LogP contribution in [0.3, 0.4) is 0 Å². The Morgan fingerprint density at radius 1 is 0.913 bits per heavy atom. The van der Waals surface area contributed by atoms with Gasteiger partial charge in [0.2, 0.25) is 0 Å². The van der Waals surface area contributed by atoms with Gasteiger partial charge in [-0.3, -0.25) is 0 Å². The predicted octanol–water partition coefficient (Wildman–Crippen LogP) is 5.32. The maximum atomic E-state index is 6.06. The molecule has 0 aliphatic rings. The van der Waals surface area contributed by atoms with E-state index in [1.807, 2.05) is 12.1 Å². The van der Waals surface area contributed by atoms with Crippen molar-refractivity contribution < 1.29 is 9.47 Å². The van der Waals surface area contributed by atoms with Crippen LogP contribution in [0.15, 0.2) is 18.2 Å². The monoisotopic (exact) mass is 321 g/mol. The average Bonchev–Trinajstić information content (AvgIpc) is 2.58. The Bertz CT molecular complexity index is 407. The molecule has 0 saturated heterocycles. The topological polar surface area (TPSA) is 30.5 Å². The number of unbranched alkanes of at least 4 members (excludes halogenated alkanes) is 6. The normalized spacial score (nSPS) is 10.7. The number of ether oxygens (including phenoxy) is 2. The van der Waals surface area contributed by atoms with Gasteiger partial charge in [-0.25, -0.2) is 0 Å². The summed E-state index contributed by atoms with van der Waals surface area (Å²) < 4.78 is 11.5. The van der Waals surface area contributed by atoms with E-state index in [0.717, 1.165) is 37.6 Å². The van der Waals surface area contributed by atoms with Crippen LogP contribution in [0, 0.1) is 0 Å². The molecule has 0 heterocycles. The summed E-state index contributed by atoms with van der Waals surface area (Å²) in [6, 6.07) is 6.14. The number of para-hydroxylation sites is 1. The van der Waals surface area contributed by atoms with Crippen LogP contribution < -0.4 is 14.8 Å². The zero-order valence-electron chi connectivity index (χ0n) is 15.3. The minimum absolute atomic E-state index is 0.772. The fraction of sp³-hybridized carbons (Fsp3) is 0.700. The minimum Gasteiger partial charge on any atom is -0.493 e. The molecular formula is C20H35NO2. The molecule has 0 aliphatic carbocycles. The molecule has 0 unspecified atom stereocenters. The molecule has 1 N–H and O–H groups in total. The first-order valence-electron chi connectivity index (χ1n) is 9.32. The van der Waals surface area contributed by atoms with Crippen molar-refractivity contribution in [3.05, 3.63) is 23.8 Å². The summed E-state index contributed by atoms with van der Waals surface area (Å²) in [4.78, 5) is 0. The fourth-order valence-electron chi connectivity index (χ4n) is 2.61. The summed E-state index contributed by atoms with van der Waals surface area (Å²) in [5.41, 5.74) is 1.19. The molecule has 0 aromatic heterocycles. The van der Waals surface area contributed by atoms with Crippen LogP contribution in [-0.2, 0) is 6.54 Å². The van der Waals surface area contributed by atoms with Crippen molar-refractivity contribution in [2.75, 3.05) is 20.3 Å². The van der Waals surface area contributed by atoms with Crippen molar-refractivity contribution >= 4 is 0 Å². The van der Waals surface area contributed by atoms with Crippen LogP contribution in [0.25, 0.3) is 0 Å². The van der Waals surface area contributed by atoms with Gasteiger partial charge in [0.15, 0.2) is 11.5 Å². The first-order valence-corrected chi connectivity index (χ1v) is 9.32. The maximum absolute atomic E-state index is 6.06. The lowest BCUT2D eigenvalue weighted by Crippen LogP contribution is -2.15. The standard InChI is InChI=1S/C20H35NO2/c1-4-6-8-9-10-11-16-23-20-18(17-21-15-7-5-2)13-12-14-19(20)22-3/h12-14,21H,4-11,15-17H2,1-3H3. The summed E-state index contributed by atoms with van der Waals surface area (Å²) in [6.07, 6.45) is 10.1. The molecule has 1 aromatic carbocycles. The number of hydrogen-bond donors (Lipinski definition) is 1. The number of benzene rings is 1. The Balaban J connectivity index is 2.43. The molecule has 0 fully saturated rings. The van der Waals surface area contributed by atoms with Gasteiger partial charge < -0.3 is 14.8 Å². The van der Waals surface area contributed by atoms with Gasteiger partial charge in [0.1, 0.15) is 0 Å². The summed E-state index contributed by atoms with van der Waals surface area (Å²) in [5.74, 6) is 1.75. The second-order valence-electron chi connectivity index (χ2n) is 6.10. The average molecular weight is 322 g/mol. The lowest BCUT2D eigenvalue weighted by atomic mass is 10.1. The van der Waals surface area contributed by atoms with Crippen molar-refractivity contribution in [1.29, 1.82) is 0 Å². The van der Waals surface area contributed by atoms with Gasteiger partial charge in [-0.2, -0.15) is 0 Å². The van der Waals surface area contributed by atoms with Gasteiger partial charge in [0.05, 0.1) is 13.7 Å². The SMILES string of the molecule is CCCCCCCCOc1c(CNCCCC)cccc1OC. The lowest BCUT2D eigenvalue weighted by Gasteiger charge is -2.15. The summed E-state index contributed by atoms with van der Waals surface area (Å²) in [5, 5.41) is 3.48. The molecule has 0 bridgehead atoms. The first kappa shape index (κ1) is 19.8. The Kier molecular flexibility index (Phi) is 11.4. The number of hydrogen-bond acceptors (Lipinski definition) is 3. The van der Waals surface area contributed by atoms with Crippen molar-refractivity contribution in [2.45, 2.75) is 71.8 Å². The van der Waals surface area contributed by atoms with Gasteiger partial charge in [-0.05, 0) is 25.5 Å². The molecule has 0 spiro atoms. The quantitative estimate of drug-likeness (QED) is 0.470. The van der Waals surface area contributed by atoms with E-state index in [9.17, 15) is 0 Å². The molecule has 0 saturated carbocycles. The molecule has 1 aromatic rings. The van der Waals surface area contributed by atoms with Crippen molar-refractivity contribution in [1.82, 2.24) is 5.32 Å². The molecule has 1 rings (SSSR count). The van der Waals surface area contributed by atoms with Gasteiger partial charge in [0.25, 0.3) is 0 Å². The molecule has 0 radical (unpaired) electrons. The fourth-order valence-corrected chi connectivity index (χ4v) is 2.61. The van der Waals surface area contributed by atoms with E-state index >= 15 is 0 Å². The summed E-state index contributed by atoms with van der Waals surface area (Å²) in [6.45, 7) is 7.12. The highest BCUT2D eigenvalue weighted by molar-refractivity contribution is 5.46. The highest BCUT2D eigenvalue weighted by Gasteiger charge is 2.10. The van der Waals surface area contributed by atoms with E-state index < -0.39 is 0 Å². The smallest absolute Gasteiger partial charge is 0.165 e. The van der Waals surface area contributed by atoms with Gasteiger partial charge in [0, 0.05) is 12.1 Å². The Morgan fingerprint density at radius 3 is 2.39 bits per heavy atom. The number of methoxy groups -OCH3 is 1. The molecule has 3 heteroatoms. The van der Waals surface area contributed by atoms with Crippen molar-refractivity contribution in [3.63, 3.8) is 0 Å². The second kappa shape index (κ2) is 13.2. The second-order valence-corrected chi connectivity index (χ2v) is 6.10. The highest BCUT2D eigenvalue weighted by atomic mass is 16.5. The van der Waals surface area contributed by atoms with Gasteiger partial charge in [-0.15, -0.1) is 0 Å². The van der Waals surface area contributed by atoms with Crippen LogP contribution >= 0.6 is 0 Å². The zero-order valence-corrected chi connectivity index (χ0v) is 15.3. The number of nitrogens with one attached hydrogen (secondary N) is 1. The molecule has 0 amide bonds. The van der Waals surface area contributed by atoms with E-state index in [1.54, 1.807) is 7.11 Å². The summed E-state index contributed by atoms with van der Waals surface area (Å²) >= 11 is 0. The molecular weight excluding hydrogens is 286 g/mol. The molecule has 3 nitrogen and oxygen atoms in total. The van der Waals surface area contributed by atoms with Crippen LogP contribution in [0.1, 0.15) is 70.8 Å². The largest absolute Gasteiger partial charge is 0.493 e. The van der Waals surface area contributed by atoms with Crippen LogP contribution in [0.4, 0.5) is 0 Å². The first-order chi connectivity index (χ1) is 11.3. The molecule has 0 atom stereocenters. The number of rotatable bonds is 14. The van der Waals surface area contributed by atoms with Crippen LogP contribution in [0.5, 0.6) is 11.5 Å². The third-order valence-corrected chi connectivity index (χ3v) is 4.05. The Morgan fingerprint density at radius 2 is 1.65 bits per heavy atom. The highest BCUT2D eigenvalue weighted by Crippen LogP contribution is 2.31. The third kappa shape index (κ3) is 8.26. The molecule has 0 aliphatic heterocycles. The van der Waals surface area contributed by atoms with Crippen molar-refractivity contribution in [3.8, 4) is 11.5 Å². The third-order valence-electron chi connectivity index (χ3n) is 4.05. The van der Waals surface area contributed by atoms with Crippen molar-refractivity contribution in [2.24, 2.45) is 0 Å². The van der Waals surface area contributed by atoms with E-state index in [0.29, 0.717) is 0 Å². The Labute approximate surface area is 142 Å². The Hall–Kier alpha value is -1.22.